The van der Waals surface area contributed by atoms with Gasteiger partial charge in [0.2, 0.25) is 0 Å². The Labute approximate surface area is 153 Å². The average Bonchev–Trinajstić information content (AvgIpc) is 2.51. The lowest BCUT2D eigenvalue weighted by Gasteiger charge is -2.30. The summed E-state index contributed by atoms with van der Waals surface area (Å²) in [5.74, 6) is 0.690. The predicted octanol–water partition coefficient (Wildman–Crippen LogP) is 6.70. The molecule has 2 aromatic carbocycles. The van der Waals surface area contributed by atoms with Crippen molar-refractivity contribution in [2.45, 2.75) is 64.7 Å². The Hall–Kier alpha value is -2.02. The normalized spacial score (nSPS) is 13.5. The molecule has 25 heavy (non-hydrogen) atoms. The minimum atomic E-state index is -0.116. The fraction of sp³-hybridized carbons (Fsp3) is 0.417. The first-order valence-corrected chi connectivity index (χ1v) is 9.09. The van der Waals surface area contributed by atoms with E-state index in [-0.39, 0.29) is 16.7 Å². The fourth-order valence-electron chi connectivity index (χ4n) is 3.32. The van der Waals surface area contributed by atoms with E-state index in [1.165, 1.54) is 11.1 Å². The van der Waals surface area contributed by atoms with Crippen molar-refractivity contribution >= 4 is 0 Å². The molecule has 1 heteroatoms. The first kappa shape index (κ1) is 19.3. The Kier molecular flexibility index (Phi) is 5.46. The molecule has 0 heterocycles. The summed E-state index contributed by atoms with van der Waals surface area (Å²) in [5, 5.41) is 10.9. The van der Waals surface area contributed by atoms with E-state index < -0.39 is 0 Å². The van der Waals surface area contributed by atoms with Gasteiger partial charge in [-0.1, -0.05) is 90.1 Å². The maximum atomic E-state index is 10.9. The van der Waals surface area contributed by atoms with Crippen molar-refractivity contribution in [3.63, 3.8) is 0 Å². The number of rotatable bonds is 4. The summed E-state index contributed by atoms with van der Waals surface area (Å²) in [4.78, 5) is 0. The third kappa shape index (κ3) is 4.34. The SMILES string of the molecule is C=CCC(c1ccccc1)c1cc(C(C)(C)C)c(O)c(C(C)(C)C)c1. The van der Waals surface area contributed by atoms with Crippen molar-refractivity contribution in [1.82, 2.24) is 0 Å². The molecular weight excluding hydrogens is 304 g/mol. The number of benzene rings is 2. The molecule has 2 rings (SSSR count). The van der Waals surface area contributed by atoms with Crippen LogP contribution in [0.1, 0.15) is 76.1 Å². The first-order chi connectivity index (χ1) is 11.6. The van der Waals surface area contributed by atoms with Gasteiger partial charge < -0.3 is 5.11 Å². The Balaban J connectivity index is 2.72. The van der Waals surface area contributed by atoms with Crippen LogP contribution in [-0.4, -0.2) is 5.11 Å². The van der Waals surface area contributed by atoms with Crippen LogP contribution in [-0.2, 0) is 10.8 Å². The zero-order chi connectivity index (χ0) is 18.8. The van der Waals surface area contributed by atoms with Crippen molar-refractivity contribution in [3.05, 3.63) is 77.4 Å². The molecule has 134 valence electrons. The smallest absolute Gasteiger partial charge is 0.123 e. The molecule has 0 saturated carbocycles. The minimum absolute atomic E-state index is 0.116. The third-order valence-corrected chi connectivity index (χ3v) is 4.75. The lowest BCUT2D eigenvalue weighted by Crippen LogP contribution is -2.18. The van der Waals surface area contributed by atoms with Crippen molar-refractivity contribution in [2.75, 3.05) is 0 Å². The van der Waals surface area contributed by atoms with Gasteiger partial charge in [0, 0.05) is 5.92 Å². The van der Waals surface area contributed by atoms with Crippen LogP contribution in [0.3, 0.4) is 0 Å². The summed E-state index contributed by atoms with van der Waals surface area (Å²) >= 11 is 0. The van der Waals surface area contributed by atoms with E-state index in [0.29, 0.717) is 5.75 Å². The zero-order valence-corrected chi connectivity index (χ0v) is 16.6. The molecular formula is C24H32O. The van der Waals surface area contributed by atoms with E-state index >= 15 is 0 Å². The highest BCUT2D eigenvalue weighted by atomic mass is 16.3. The number of hydrogen-bond donors (Lipinski definition) is 1. The van der Waals surface area contributed by atoms with E-state index in [1.807, 2.05) is 12.1 Å². The minimum Gasteiger partial charge on any atom is -0.507 e. The monoisotopic (exact) mass is 336 g/mol. The molecule has 2 aromatic rings. The largest absolute Gasteiger partial charge is 0.507 e. The van der Waals surface area contributed by atoms with Gasteiger partial charge in [0.1, 0.15) is 5.75 Å². The van der Waals surface area contributed by atoms with Crippen LogP contribution >= 0.6 is 0 Å². The van der Waals surface area contributed by atoms with E-state index in [9.17, 15) is 5.11 Å². The van der Waals surface area contributed by atoms with Gasteiger partial charge in [-0.25, -0.2) is 0 Å². The summed E-state index contributed by atoms with van der Waals surface area (Å²) in [6.45, 7) is 16.9. The van der Waals surface area contributed by atoms with Crippen molar-refractivity contribution in [1.29, 1.82) is 0 Å². The maximum absolute atomic E-state index is 10.9. The van der Waals surface area contributed by atoms with Gasteiger partial charge in [0.05, 0.1) is 0 Å². The van der Waals surface area contributed by atoms with Crippen molar-refractivity contribution in [2.24, 2.45) is 0 Å². The van der Waals surface area contributed by atoms with Gasteiger partial charge in [-0.15, -0.1) is 6.58 Å². The molecule has 0 radical (unpaired) electrons. The Morgan fingerprint density at radius 3 is 1.76 bits per heavy atom. The zero-order valence-electron chi connectivity index (χ0n) is 16.6. The molecule has 0 aromatic heterocycles. The number of hydrogen-bond acceptors (Lipinski definition) is 1. The van der Waals surface area contributed by atoms with Crippen molar-refractivity contribution < 1.29 is 5.11 Å². The summed E-state index contributed by atoms with van der Waals surface area (Å²) in [6.07, 6.45) is 2.86. The van der Waals surface area contributed by atoms with Crippen LogP contribution in [0.15, 0.2) is 55.1 Å². The molecule has 0 aliphatic carbocycles. The molecule has 0 fully saturated rings. The molecule has 1 N–H and O–H groups in total. The van der Waals surface area contributed by atoms with Gasteiger partial charge in [-0.05, 0) is 39.5 Å². The molecule has 0 saturated heterocycles. The highest BCUT2D eigenvalue weighted by molar-refractivity contribution is 5.52. The van der Waals surface area contributed by atoms with Gasteiger partial charge in [0.15, 0.2) is 0 Å². The fourth-order valence-corrected chi connectivity index (χ4v) is 3.32. The Morgan fingerprint density at radius 2 is 1.36 bits per heavy atom. The molecule has 0 bridgehead atoms. The quantitative estimate of drug-likeness (QED) is 0.616. The molecule has 1 atom stereocenters. The van der Waals surface area contributed by atoms with Crippen molar-refractivity contribution in [3.8, 4) is 5.75 Å². The van der Waals surface area contributed by atoms with Crippen LogP contribution in [0.5, 0.6) is 5.75 Å². The molecule has 0 spiro atoms. The molecule has 0 aliphatic rings. The van der Waals surface area contributed by atoms with Gasteiger partial charge in [-0.2, -0.15) is 0 Å². The molecule has 1 nitrogen and oxygen atoms in total. The van der Waals surface area contributed by atoms with Gasteiger partial charge in [-0.3, -0.25) is 0 Å². The van der Waals surface area contributed by atoms with Gasteiger partial charge >= 0.3 is 0 Å². The van der Waals surface area contributed by atoms with Crippen LogP contribution in [0.25, 0.3) is 0 Å². The third-order valence-electron chi connectivity index (χ3n) is 4.75. The summed E-state index contributed by atoms with van der Waals surface area (Å²) in [7, 11) is 0. The maximum Gasteiger partial charge on any atom is 0.123 e. The summed E-state index contributed by atoms with van der Waals surface area (Å²) in [6, 6.07) is 14.9. The number of allylic oxidation sites excluding steroid dienone is 1. The van der Waals surface area contributed by atoms with Crippen LogP contribution in [0, 0.1) is 0 Å². The standard InChI is InChI=1S/C24H32O/c1-8-12-19(17-13-10-9-11-14-17)18-15-20(23(2,3)4)22(25)21(16-18)24(5,6)7/h8-11,13-16,19,25H,1,12H2,2-7H3. The first-order valence-electron chi connectivity index (χ1n) is 9.09. The lowest BCUT2D eigenvalue weighted by atomic mass is 9.76. The Morgan fingerprint density at radius 1 is 0.880 bits per heavy atom. The highest BCUT2D eigenvalue weighted by Gasteiger charge is 2.28. The number of phenolic OH excluding ortho intramolecular Hbond substituents is 1. The second-order valence-electron chi connectivity index (χ2n) is 8.95. The van der Waals surface area contributed by atoms with E-state index in [4.69, 9.17) is 0 Å². The molecule has 0 amide bonds. The predicted molar refractivity (Wildman–Crippen MR) is 109 cm³/mol. The molecule has 1 unspecified atom stereocenters. The van der Waals surface area contributed by atoms with Gasteiger partial charge in [0.25, 0.3) is 0 Å². The summed E-state index contributed by atoms with van der Waals surface area (Å²) < 4.78 is 0. The topological polar surface area (TPSA) is 20.2 Å². The number of aromatic hydroxyl groups is 1. The summed E-state index contributed by atoms with van der Waals surface area (Å²) in [5.41, 5.74) is 4.33. The van der Waals surface area contributed by atoms with Crippen LogP contribution < -0.4 is 0 Å². The second-order valence-corrected chi connectivity index (χ2v) is 8.95. The number of phenols is 1. The van der Waals surface area contributed by atoms with Crippen LogP contribution in [0.2, 0.25) is 0 Å². The van der Waals surface area contributed by atoms with E-state index in [0.717, 1.165) is 17.5 Å². The lowest BCUT2D eigenvalue weighted by molar-refractivity contribution is 0.422. The average molecular weight is 337 g/mol. The molecule has 0 aliphatic heterocycles. The van der Waals surface area contributed by atoms with E-state index in [2.05, 4.69) is 84.5 Å². The Bertz CT molecular complexity index is 692. The van der Waals surface area contributed by atoms with E-state index in [1.54, 1.807) is 0 Å². The van der Waals surface area contributed by atoms with Crippen LogP contribution in [0.4, 0.5) is 0 Å². The second kappa shape index (κ2) is 7.07. The highest BCUT2D eigenvalue weighted by Crippen LogP contribution is 2.42.